The van der Waals surface area contributed by atoms with Crippen molar-refractivity contribution in [1.82, 2.24) is 15.0 Å². The van der Waals surface area contributed by atoms with E-state index in [1.54, 1.807) is 0 Å². The van der Waals surface area contributed by atoms with Crippen molar-refractivity contribution in [1.29, 1.82) is 0 Å². The zero-order valence-corrected chi connectivity index (χ0v) is 15.8. The fraction of sp³-hybridized carbons (Fsp3) is 0.500. The Bertz CT molecular complexity index is 1180. The van der Waals surface area contributed by atoms with Crippen LogP contribution in [0, 0.1) is 11.3 Å². The molecule has 0 spiro atoms. The summed E-state index contributed by atoms with van der Waals surface area (Å²) in [5.74, 6) is 0.0951. The highest BCUT2D eigenvalue weighted by Gasteiger charge is 2.41. The van der Waals surface area contributed by atoms with Crippen LogP contribution in [0.2, 0.25) is 0 Å². The van der Waals surface area contributed by atoms with E-state index in [0.717, 1.165) is 17.8 Å². The zero-order chi connectivity index (χ0) is 19.7. The van der Waals surface area contributed by atoms with E-state index in [1.807, 2.05) is 20.8 Å². The summed E-state index contributed by atoms with van der Waals surface area (Å²) in [5.41, 5.74) is -1.85. The minimum atomic E-state index is -4.61. The topological polar surface area (TPSA) is 78.6 Å². The maximum absolute atomic E-state index is 14.1. The Morgan fingerprint density at radius 3 is 2.48 bits per heavy atom. The van der Waals surface area contributed by atoms with Gasteiger partial charge in [-0.2, -0.15) is 13.2 Å². The molecule has 1 unspecified atom stereocenters. The molecule has 0 radical (unpaired) electrons. The number of H-pyrrole nitrogens is 2. The molecule has 0 saturated heterocycles. The maximum atomic E-state index is 14.1. The van der Waals surface area contributed by atoms with E-state index in [-0.39, 0.29) is 43.8 Å². The van der Waals surface area contributed by atoms with Gasteiger partial charge in [0.1, 0.15) is 9.53 Å². The number of rotatable bonds is 0. The van der Waals surface area contributed by atoms with Gasteiger partial charge in [0, 0.05) is 11.1 Å². The molecule has 3 aromatic rings. The van der Waals surface area contributed by atoms with Gasteiger partial charge in [-0.15, -0.1) is 11.3 Å². The molecule has 3 aromatic heterocycles. The SMILES string of the molecule is CC(C)(C)C1CCc2nc3sc4c(=O)[nH]c(=O)[nH]c4c3c(C(F)(F)F)c2C1. The van der Waals surface area contributed by atoms with Crippen LogP contribution in [0.5, 0.6) is 0 Å². The molecule has 0 bridgehead atoms. The summed E-state index contributed by atoms with van der Waals surface area (Å²) in [7, 11) is 0. The molecule has 3 heterocycles. The van der Waals surface area contributed by atoms with Crippen molar-refractivity contribution in [3.8, 4) is 0 Å². The molecule has 0 aromatic carbocycles. The molecule has 4 rings (SSSR count). The maximum Gasteiger partial charge on any atom is 0.417 e. The first-order valence-corrected chi connectivity index (χ1v) is 9.46. The lowest BCUT2D eigenvalue weighted by molar-refractivity contribution is -0.137. The lowest BCUT2D eigenvalue weighted by Crippen LogP contribution is -2.29. The predicted octanol–water partition coefficient (Wildman–Crippen LogP) is 4.00. The summed E-state index contributed by atoms with van der Waals surface area (Å²) < 4.78 is 42.5. The van der Waals surface area contributed by atoms with Gasteiger partial charge >= 0.3 is 11.9 Å². The Labute approximate surface area is 155 Å². The Balaban J connectivity index is 2.13. The van der Waals surface area contributed by atoms with Gasteiger partial charge < -0.3 is 4.98 Å². The van der Waals surface area contributed by atoms with Crippen molar-refractivity contribution in [2.75, 3.05) is 0 Å². The molecule has 27 heavy (non-hydrogen) atoms. The Hall–Kier alpha value is -2.16. The first kappa shape index (κ1) is 18.2. The first-order chi connectivity index (χ1) is 12.5. The smallest absolute Gasteiger partial charge is 0.305 e. The summed E-state index contributed by atoms with van der Waals surface area (Å²) >= 11 is 0.881. The summed E-state index contributed by atoms with van der Waals surface area (Å²) in [4.78, 5) is 32.8. The monoisotopic (exact) mass is 397 g/mol. The number of thiophene rings is 1. The lowest BCUT2D eigenvalue weighted by Gasteiger charge is -2.35. The molecule has 1 aliphatic carbocycles. The minimum absolute atomic E-state index is 0.0531. The van der Waals surface area contributed by atoms with E-state index < -0.39 is 23.0 Å². The number of halogens is 3. The highest BCUT2D eigenvalue weighted by Crippen LogP contribution is 2.46. The van der Waals surface area contributed by atoms with Crippen LogP contribution in [0.1, 0.15) is 44.0 Å². The van der Waals surface area contributed by atoms with Gasteiger partial charge in [-0.05, 0) is 36.2 Å². The molecule has 0 aliphatic heterocycles. The standard InChI is InChI=1S/C18H18F3N3O2S/c1-17(2,3)7-4-5-9-8(6-7)11(18(19,20)21)10-12-13(27-15(10)22-9)14(25)24-16(26)23-12/h7H,4-6H2,1-3H3,(H2,23,24,25,26). The summed E-state index contributed by atoms with van der Waals surface area (Å²) in [6.45, 7) is 6.08. The van der Waals surface area contributed by atoms with E-state index >= 15 is 0 Å². The summed E-state index contributed by atoms with van der Waals surface area (Å²) in [6.07, 6.45) is -3.09. The number of alkyl halides is 3. The van der Waals surface area contributed by atoms with Crippen molar-refractivity contribution >= 4 is 31.8 Å². The number of hydrogen-bond acceptors (Lipinski definition) is 4. The van der Waals surface area contributed by atoms with Crippen LogP contribution in [0.25, 0.3) is 20.4 Å². The first-order valence-electron chi connectivity index (χ1n) is 8.64. The van der Waals surface area contributed by atoms with Gasteiger partial charge in [0.2, 0.25) is 0 Å². The van der Waals surface area contributed by atoms with E-state index in [4.69, 9.17) is 0 Å². The molecule has 144 valence electrons. The number of nitrogens with one attached hydrogen (secondary N) is 2. The third kappa shape index (κ3) is 2.88. The fourth-order valence-electron chi connectivity index (χ4n) is 3.94. The predicted molar refractivity (Wildman–Crippen MR) is 98.3 cm³/mol. The molecule has 0 saturated carbocycles. The molecule has 0 fully saturated rings. The molecule has 1 atom stereocenters. The van der Waals surface area contributed by atoms with Crippen molar-refractivity contribution in [3.05, 3.63) is 37.7 Å². The average molecular weight is 397 g/mol. The lowest BCUT2D eigenvalue weighted by atomic mass is 9.70. The largest absolute Gasteiger partial charge is 0.417 e. The van der Waals surface area contributed by atoms with Gasteiger partial charge in [-0.25, -0.2) is 9.78 Å². The Kier molecular flexibility index (Phi) is 3.82. The van der Waals surface area contributed by atoms with E-state index in [0.29, 0.717) is 12.1 Å². The van der Waals surface area contributed by atoms with Crippen molar-refractivity contribution in [2.24, 2.45) is 11.3 Å². The van der Waals surface area contributed by atoms with Gasteiger partial charge in [-0.3, -0.25) is 9.78 Å². The van der Waals surface area contributed by atoms with Gasteiger partial charge in [0.15, 0.2) is 0 Å². The summed E-state index contributed by atoms with van der Waals surface area (Å²) in [6, 6.07) is 0. The molecule has 1 aliphatic rings. The van der Waals surface area contributed by atoms with Crippen LogP contribution >= 0.6 is 11.3 Å². The van der Waals surface area contributed by atoms with E-state index in [2.05, 4.69) is 15.0 Å². The van der Waals surface area contributed by atoms with Crippen molar-refractivity contribution in [2.45, 2.75) is 46.2 Å². The fourth-order valence-corrected chi connectivity index (χ4v) is 4.99. The highest BCUT2D eigenvalue weighted by molar-refractivity contribution is 7.25. The zero-order valence-electron chi connectivity index (χ0n) is 15.0. The van der Waals surface area contributed by atoms with Crippen LogP contribution in [-0.4, -0.2) is 15.0 Å². The highest BCUT2D eigenvalue weighted by atomic mass is 32.1. The third-order valence-corrected chi connectivity index (χ3v) is 6.47. The van der Waals surface area contributed by atoms with Crippen LogP contribution < -0.4 is 11.2 Å². The second kappa shape index (κ2) is 5.67. The molecule has 5 nitrogen and oxygen atoms in total. The average Bonchev–Trinajstić information content (AvgIpc) is 2.88. The van der Waals surface area contributed by atoms with Crippen molar-refractivity contribution in [3.63, 3.8) is 0 Å². The number of aromatic amines is 2. The van der Waals surface area contributed by atoms with E-state index in [1.165, 1.54) is 0 Å². The van der Waals surface area contributed by atoms with Gasteiger partial charge in [-0.1, -0.05) is 20.8 Å². The number of nitrogens with zero attached hydrogens (tertiary/aromatic N) is 1. The second-order valence-electron chi connectivity index (χ2n) is 8.11. The van der Waals surface area contributed by atoms with Crippen molar-refractivity contribution < 1.29 is 13.2 Å². The van der Waals surface area contributed by atoms with Crippen LogP contribution in [0.15, 0.2) is 9.59 Å². The molecular weight excluding hydrogens is 379 g/mol. The number of aromatic nitrogens is 3. The third-order valence-electron chi connectivity index (χ3n) is 5.39. The normalized spacial score (nSPS) is 18.2. The molecule has 9 heteroatoms. The Morgan fingerprint density at radius 2 is 1.85 bits per heavy atom. The molecular formula is C18H18F3N3O2S. The second-order valence-corrected chi connectivity index (χ2v) is 9.11. The minimum Gasteiger partial charge on any atom is -0.305 e. The van der Waals surface area contributed by atoms with Gasteiger partial charge in [0.05, 0.1) is 11.1 Å². The number of hydrogen-bond donors (Lipinski definition) is 2. The number of aryl methyl sites for hydroxylation is 1. The van der Waals surface area contributed by atoms with Crippen LogP contribution in [0.4, 0.5) is 13.2 Å². The van der Waals surface area contributed by atoms with Gasteiger partial charge in [0.25, 0.3) is 5.56 Å². The molecule has 0 amide bonds. The number of fused-ring (bicyclic) bond motifs is 4. The summed E-state index contributed by atoms with van der Waals surface area (Å²) in [5, 5.41) is -0.168. The van der Waals surface area contributed by atoms with E-state index in [9.17, 15) is 22.8 Å². The van der Waals surface area contributed by atoms with Crippen LogP contribution in [-0.2, 0) is 19.0 Å². The Morgan fingerprint density at radius 1 is 1.15 bits per heavy atom. The molecule has 2 N–H and O–H groups in total. The number of pyridine rings is 1. The van der Waals surface area contributed by atoms with Crippen LogP contribution in [0.3, 0.4) is 0 Å². The quantitative estimate of drug-likeness (QED) is 0.602.